The number of piperidine rings is 1. The molecule has 4 heterocycles. The third kappa shape index (κ3) is 4.39. The molecular weight excluding hydrogens is 469 g/mol. The fourth-order valence-electron chi connectivity index (χ4n) is 5.04. The van der Waals surface area contributed by atoms with Gasteiger partial charge in [0.25, 0.3) is 5.56 Å². The number of fused-ring (bicyclic) bond motifs is 4. The molecule has 0 N–H and O–H groups in total. The van der Waals surface area contributed by atoms with Gasteiger partial charge in [-0.05, 0) is 48.7 Å². The average molecular weight is 491 g/mol. The molecule has 1 fully saturated rings. The maximum Gasteiger partial charge on any atom is 0.416 e. The van der Waals surface area contributed by atoms with Crippen LogP contribution in [0.3, 0.4) is 0 Å². The van der Waals surface area contributed by atoms with Crippen LogP contribution >= 0.6 is 11.6 Å². The predicted octanol–water partition coefficient (Wildman–Crippen LogP) is 5.36. The number of amides is 1. The molecule has 0 saturated carbocycles. The number of carbonyl (C=O) groups is 1. The number of aromatic nitrogens is 1. The molecule has 2 bridgehead atoms. The minimum absolute atomic E-state index is 0.00136. The molecule has 2 unspecified atom stereocenters. The van der Waals surface area contributed by atoms with Crippen LogP contribution in [0.4, 0.5) is 13.2 Å². The van der Waals surface area contributed by atoms with Crippen molar-refractivity contribution < 1.29 is 22.4 Å². The number of furan rings is 1. The Kier molecular flexibility index (Phi) is 5.80. The fraction of sp³-hybridized carbons (Fsp3) is 0.360. The summed E-state index contributed by atoms with van der Waals surface area (Å²) < 4.78 is 46.7. The molecule has 0 aliphatic carbocycles. The van der Waals surface area contributed by atoms with Gasteiger partial charge in [0.15, 0.2) is 0 Å². The van der Waals surface area contributed by atoms with Gasteiger partial charge in [0.2, 0.25) is 5.91 Å². The number of likely N-dealkylation sites (tertiary alicyclic amines) is 1. The smallest absolute Gasteiger partial charge is 0.416 e. The maximum atomic E-state index is 13.1. The minimum atomic E-state index is -4.48. The first-order chi connectivity index (χ1) is 16.2. The van der Waals surface area contributed by atoms with Crippen LogP contribution in [-0.4, -0.2) is 28.5 Å². The van der Waals surface area contributed by atoms with Crippen molar-refractivity contribution in [1.29, 1.82) is 0 Å². The highest BCUT2D eigenvalue weighted by molar-refractivity contribution is 6.33. The Bertz CT molecular complexity index is 1300. The Labute approximate surface area is 198 Å². The quantitative estimate of drug-likeness (QED) is 0.495. The van der Waals surface area contributed by atoms with Crippen molar-refractivity contribution in [3.63, 3.8) is 0 Å². The first kappa shape index (κ1) is 22.8. The molecule has 9 heteroatoms. The average Bonchev–Trinajstić information content (AvgIpc) is 3.26. The Morgan fingerprint density at radius 3 is 2.71 bits per heavy atom. The van der Waals surface area contributed by atoms with Gasteiger partial charge in [-0.1, -0.05) is 17.7 Å². The molecule has 5 rings (SSSR count). The number of pyridine rings is 1. The SMILES string of the molecule is O=C(CCc1ccc(-c2cc(C(F)(F)F)ccc2Cl)o1)N1CC2CC(C1)c1cccc(=O)n1C2. The summed E-state index contributed by atoms with van der Waals surface area (Å²) in [5.41, 5.74) is 0.336. The summed E-state index contributed by atoms with van der Waals surface area (Å²) >= 11 is 6.10. The van der Waals surface area contributed by atoms with Crippen LogP contribution < -0.4 is 5.56 Å². The van der Waals surface area contributed by atoms with Crippen molar-refractivity contribution >= 4 is 17.5 Å². The number of hydrogen-bond donors (Lipinski definition) is 0. The first-order valence-electron chi connectivity index (χ1n) is 11.1. The Morgan fingerprint density at radius 1 is 1.09 bits per heavy atom. The number of halogens is 4. The van der Waals surface area contributed by atoms with E-state index < -0.39 is 11.7 Å². The van der Waals surface area contributed by atoms with Crippen LogP contribution in [0.25, 0.3) is 11.3 Å². The van der Waals surface area contributed by atoms with Crippen molar-refractivity contribution in [2.24, 2.45) is 5.92 Å². The molecule has 1 saturated heterocycles. The van der Waals surface area contributed by atoms with Gasteiger partial charge in [0, 0.05) is 55.7 Å². The molecule has 0 radical (unpaired) electrons. The summed E-state index contributed by atoms with van der Waals surface area (Å²) in [5, 5.41) is 0.157. The fourth-order valence-corrected chi connectivity index (χ4v) is 5.25. The van der Waals surface area contributed by atoms with Gasteiger partial charge in [0.1, 0.15) is 11.5 Å². The van der Waals surface area contributed by atoms with Crippen molar-refractivity contribution in [3.8, 4) is 11.3 Å². The molecule has 3 aromatic rings. The molecule has 1 amide bonds. The predicted molar refractivity (Wildman–Crippen MR) is 121 cm³/mol. The largest absolute Gasteiger partial charge is 0.461 e. The van der Waals surface area contributed by atoms with E-state index in [4.69, 9.17) is 16.0 Å². The summed E-state index contributed by atoms with van der Waals surface area (Å²) in [7, 11) is 0. The Balaban J connectivity index is 1.25. The van der Waals surface area contributed by atoms with E-state index in [1.165, 1.54) is 6.07 Å². The van der Waals surface area contributed by atoms with E-state index >= 15 is 0 Å². The lowest BCUT2D eigenvalue weighted by Crippen LogP contribution is -2.49. The molecule has 34 heavy (non-hydrogen) atoms. The van der Waals surface area contributed by atoms with Gasteiger partial charge < -0.3 is 13.9 Å². The minimum Gasteiger partial charge on any atom is -0.461 e. The molecule has 2 aliphatic heterocycles. The van der Waals surface area contributed by atoms with Crippen molar-refractivity contribution in [2.75, 3.05) is 13.1 Å². The van der Waals surface area contributed by atoms with E-state index in [1.54, 1.807) is 24.3 Å². The van der Waals surface area contributed by atoms with E-state index in [9.17, 15) is 22.8 Å². The zero-order valence-electron chi connectivity index (χ0n) is 18.1. The zero-order chi connectivity index (χ0) is 24.0. The van der Waals surface area contributed by atoms with E-state index in [0.717, 1.165) is 24.2 Å². The van der Waals surface area contributed by atoms with Crippen molar-refractivity contribution in [1.82, 2.24) is 9.47 Å². The summed E-state index contributed by atoms with van der Waals surface area (Å²) in [4.78, 5) is 27.0. The number of aryl methyl sites for hydroxylation is 1. The van der Waals surface area contributed by atoms with Crippen molar-refractivity contribution in [2.45, 2.75) is 37.9 Å². The number of nitrogens with zero attached hydrogens (tertiary/aromatic N) is 2. The number of alkyl halides is 3. The highest BCUT2D eigenvalue weighted by Crippen LogP contribution is 2.37. The second-order valence-corrected chi connectivity index (χ2v) is 9.36. The monoisotopic (exact) mass is 490 g/mol. The summed E-state index contributed by atoms with van der Waals surface area (Å²) in [6.07, 6.45) is -2.96. The molecule has 2 aliphatic rings. The van der Waals surface area contributed by atoms with Crippen molar-refractivity contribution in [3.05, 3.63) is 80.9 Å². The lowest BCUT2D eigenvalue weighted by Gasteiger charge is -2.42. The highest BCUT2D eigenvalue weighted by Gasteiger charge is 2.36. The summed E-state index contributed by atoms with van der Waals surface area (Å²) in [6, 6.07) is 11.6. The van der Waals surface area contributed by atoms with Gasteiger partial charge in [-0.3, -0.25) is 9.59 Å². The van der Waals surface area contributed by atoms with Crippen LogP contribution in [0.15, 0.2) is 57.7 Å². The first-order valence-corrected chi connectivity index (χ1v) is 11.5. The third-order valence-corrected chi connectivity index (χ3v) is 6.97. The second-order valence-electron chi connectivity index (χ2n) is 8.96. The van der Waals surface area contributed by atoms with Crippen LogP contribution in [0.5, 0.6) is 0 Å². The van der Waals surface area contributed by atoms with E-state index in [-0.39, 0.29) is 46.1 Å². The number of carbonyl (C=O) groups excluding carboxylic acids is 1. The van der Waals surface area contributed by atoms with Gasteiger partial charge in [-0.15, -0.1) is 0 Å². The lowest BCUT2D eigenvalue weighted by atomic mass is 9.83. The molecule has 178 valence electrons. The van der Waals surface area contributed by atoms with E-state index in [2.05, 4.69) is 0 Å². The van der Waals surface area contributed by atoms with E-state index in [0.29, 0.717) is 31.8 Å². The summed E-state index contributed by atoms with van der Waals surface area (Å²) in [6.45, 7) is 1.80. The molecule has 2 atom stereocenters. The van der Waals surface area contributed by atoms with Crippen LogP contribution in [-0.2, 0) is 23.9 Å². The molecular formula is C25H22ClF3N2O3. The Hall–Kier alpha value is -3.00. The van der Waals surface area contributed by atoms with Gasteiger partial charge in [0.05, 0.1) is 10.6 Å². The van der Waals surface area contributed by atoms with Crippen LogP contribution in [0.1, 0.15) is 35.8 Å². The molecule has 5 nitrogen and oxygen atoms in total. The topological polar surface area (TPSA) is 55.5 Å². The molecule has 2 aromatic heterocycles. The highest BCUT2D eigenvalue weighted by atomic mass is 35.5. The molecule has 0 spiro atoms. The normalized spacial score (nSPS) is 19.7. The van der Waals surface area contributed by atoms with Gasteiger partial charge in [-0.2, -0.15) is 13.2 Å². The Morgan fingerprint density at radius 2 is 1.91 bits per heavy atom. The second kappa shape index (κ2) is 8.65. The van der Waals surface area contributed by atoms with Gasteiger partial charge >= 0.3 is 6.18 Å². The number of benzene rings is 1. The lowest BCUT2D eigenvalue weighted by molar-refractivity contribution is -0.137. The zero-order valence-corrected chi connectivity index (χ0v) is 18.9. The van der Waals surface area contributed by atoms with Crippen LogP contribution in [0, 0.1) is 5.92 Å². The third-order valence-electron chi connectivity index (χ3n) is 6.64. The standard InChI is InChI=1S/C25H22ClF3N2O3/c26-20-7-4-17(25(27,28)29)11-19(20)22-8-5-18(34-22)6-9-23(32)30-12-15-10-16(14-30)21-2-1-3-24(33)31(21)13-15/h1-5,7-8,11,15-16H,6,9-10,12-14H2. The maximum absolute atomic E-state index is 13.1. The number of rotatable bonds is 4. The summed E-state index contributed by atoms with van der Waals surface area (Å²) in [5.74, 6) is 1.12. The van der Waals surface area contributed by atoms with E-state index in [1.807, 2.05) is 15.5 Å². The van der Waals surface area contributed by atoms with Gasteiger partial charge in [-0.25, -0.2) is 0 Å². The molecule has 1 aromatic carbocycles. The number of hydrogen-bond acceptors (Lipinski definition) is 3. The van der Waals surface area contributed by atoms with Crippen LogP contribution in [0.2, 0.25) is 5.02 Å².